The highest BCUT2D eigenvalue weighted by Gasteiger charge is 2.22. The normalized spacial score (nSPS) is 11.0. The van der Waals surface area contributed by atoms with E-state index in [9.17, 15) is 14.9 Å². The number of rotatable bonds is 9. The molecule has 0 bridgehead atoms. The van der Waals surface area contributed by atoms with Gasteiger partial charge in [0.05, 0.1) is 33.4 Å². The number of benzene rings is 3. The van der Waals surface area contributed by atoms with Crippen LogP contribution in [-0.4, -0.2) is 39.1 Å². The van der Waals surface area contributed by atoms with E-state index in [4.69, 9.17) is 18.9 Å². The molecule has 8 nitrogen and oxygen atoms in total. The second kappa shape index (κ2) is 10.5. The molecule has 3 rings (SSSR count). The Morgan fingerprint density at radius 2 is 1.38 bits per heavy atom. The summed E-state index contributed by atoms with van der Waals surface area (Å²) in [5.74, 6) is 0.867. The minimum absolute atomic E-state index is 0.134. The summed E-state index contributed by atoms with van der Waals surface area (Å²) in [7, 11) is 5.79. The van der Waals surface area contributed by atoms with Crippen molar-refractivity contribution >= 4 is 23.1 Å². The largest absolute Gasteiger partial charge is 0.493 e. The van der Waals surface area contributed by atoms with Gasteiger partial charge in [-0.2, -0.15) is 0 Å². The van der Waals surface area contributed by atoms with E-state index in [1.807, 2.05) is 31.2 Å². The molecule has 8 heteroatoms. The van der Waals surface area contributed by atoms with Gasteiger partial charge in [0.2, 0.25) is 5.75 Å². The Labute approximate surface area is 197 Å². The van der Waals surface area contributed by atoms with Crippen molar-refractivity contribution in [2.45, 2.75) is 6.92 Å². The first-order valence-corrected chi connectivity index (χ1v) is 10.3. The molecule has 0 aromatic heterocycles. The summed E-state index contributed by atoms with van der Waals surface area (Å²) in [4.78, 5) is 24.7. The van der Waals surface area contributed by atoms with E-state index in [1.54, 1.807) is 24.3 Å². The third-order valence-corrected chi connectivity index (χ3v) is 5.24. The maximum absolute atomic E-state index is 13.7. The highest BCUT2D eigenvalue weighted by molar-refractivity contribution is 6.32. The SMILES string of the molecule is COc1ccc(C=C(C(=O)c2cc(OC)c(OC)c(OC)c2)c2ccc(C)cc2)cc1[N+](=O)[O-]. The molecule has 0 heterocycles. The first kappa shape index (κ1) is 24.3. The third-order valence-electron chi connectivity index (χ3n) is 5.24. The van der Waals surface area contributed by atoms with Crippen molar-refractivity contribution < 1.29 is 28.7 Å². The molecule has 3 aromatic rings. The van der Waals surface area contributed by atoms with Crippen LogP contribution in [0.2, 0.25) is 0 Å². The average Bonchev–Trinajstić information content (AvgIpc) is 2.86. The summed E-state index contributed by atoms with van der Waals surface area (Å²) < 4.78 is 21.2. The number of allylic oxidation sites excluding steroid dienone is 1. The molecule has 0 saturated carbocycles. The summed E-state index contributed by atoms with van der Waals surface area (Å²) in [6.45, 7) is 1.95. The van der Waals surface area contributed by atoms with Crippen LogP contribution in [0.4, 0.5) is 5.69 Å². The Kier molecular flexibility index (Phi) is 7.53. The molecule has 0 unspecified atom stereocenters. The molecule has 0 aliphatic carbocycles. The van der Waals surface area contributed by atoms with E-state index in [2.05, 4.69) is 0 Å². The molecule has 0 amide bonds. The van der Waals surface area contributed by atoms with Crippen molar-refractivity contribution in [3.05, 3.63) is 87.0 Å². The monoisotopic (exact) mass is 463 g/mol. The predicted octanol–water partition coefficient (Wildman–Crippen LogP) is 5.36. The lowest BCUT2D eigenvalue weighted by Crippen LogP contribution is -2.05. The van der Waals surface area contributed by atoms with Gasteiger partial charge in [0.25, 0.3) is 0 Å². The second-order valence-corrected chi connectivity index (χ2v) is 7.36. The van der Waals surface area contributed by atoms with E-state index in [-0.39, 0.29) is 17.2 Å². The zero-order chi connectivity index (χ0) is 24.8. The topological polar surface area (TPSA) is 97.1 Å². The molecular formula is C26H25NO7. The molecule has 0 N–H and O–H groups in total. The Bertz CT molecular complexity index is 1220. The Morgan fingerprint density at radius 1 is 0.794 bits per heavy atom. The first-order valence-electron chi connectivity index (χ1n) is 10.3. The van der Waals surface area contributed by atoms with Gasteiger partial charge >= 0.3 is 5.69 Å². The van der Waals surface area contributed by atoms with Crippen LogP contribution in [0.5, 0.6) is 23.0 Å². The van der Waals surface area contributed by atoms with Crippen molar-refractivity contribution in [2.75, 3.05) is 28.4 Å². The molecule has 0 atom stereocenters. The zero-order valence-corrected chi connectivity index (χ0v) is 19.6. The van der Waals surface area contributed by atoms with Crippen molar-refractivity contribution in [3.63, 3.8) is 0 Å². The Hall–Kier alpha value is -4.33. The van der Waals surface area contributed by atoms with Crippen LogP contribution in [-0.2, 0) is 0 Å². The second-order valence-electron chi connectivity index (χ2n) is 7.36. The lowest BCUT2D eigenvalue weighted by molar-refractivity contribution is -0.385. The molecule has 3 aromatic carbocycles. The third kappa shape index (κ3) is 5.01. The minimum Gasteiger partial charge on any atom is -0.493 e. The fourth-order valence-corrected chi connectivity index (χ4v) is 3.49. The average molecular weight is 463 g/mol. The van der Waals surface area contributed by atoms with E-state index in [0.29, 0.717) is 39.5 Å². The number of carbonyl (C=O) groups is 1. The summed E-state index contributed by atoms with van der Waals surface area (Å²) in [5.41, 5.74) is 2.62. The fourth-order valence-electron chi connectivity index (χ4n) is 3.49. The molecule has 0 radical (unpaired) electrons. The lowest BCUT2D eigenvalue weighted by Gasteiger charge is -2.15. The van der Waals surface area contributed by atoms with Crippen LogP contribution in [0.15, 0.2) is 54.6 Å². The van der Waals surface area contributed by atoms with Gasteiger partial charge in [-0.15, -0.1) is 0 Å². The molecule has 0 spiro atoms. The number of Topliss-reactive ketones (excluding diaryl/α,β-unsaturated/α-hetero) is 1. The van der Waals surface area contributed by atoms with Crippen LogP contribution < -0.4 is 18.9 Å². The van der Waals surface area contributed by atoms with E-state index >= 15 is 0 Å². The number of hydrogen-bond acceptors (Lipinski definition) is 7. The number of aryl methyl sites for hydroxylation is 1. The highest BCUT2D eigenvalue weighted by atomic mass is 16.6. The highest BCUT2D eigenvalue weighted by Crippen LogP contribution is 2.39. The molecule has 176 valence electrons. The smallest absolute Gasteiger partial charge is 0.311 e. The standard InChI is InChI=1S/C26H25NO7/c1-16-6-9-18(10-7-16)20(12-17-8-11-22(31-2)21(13-17)27(29)30)25(28)19-14-23(32-3)26(34-5)24(15-19)33-4/h6-15H,1-5H3. The van der Waals surface area contributed by atoms with Crippen LogP contribution in [0, 0.1) is 17.0 Å². The van der Waals surface area contributed by atoms with Gasteiger partial charge < -0.3 is 18.9 Å². The Balaban J connectivity index is 2.20. The number of nitrogens with zero attached hydrogens (tertiary/aromatic N) is 1. The van der Waals surface area contributed by atoms with Crippen molar-refractivity contribution in [1.29, 1.82) is 0 Å². The maximum Gasteiger partial charge on any atom is 0.311 e. The Morgan fingerprint density at radius 3 is 1.88 bits per heavy atom. The maximum atomic E-state index is 13.7. The van der Waals surface area contributed by atoms with Crippen LogP contribution >= 0.6 is 0 Å². The van der Waals surface area contributed by atoms with Gasteiger partial charge in [-0.3, -0.25) is 14.9 Å². The predicted molar refractivity (Wildman–Crippen MR) is 129 cm³/mol. The number of hydrogen-bond donors (Lipinski definition) is 0. The summed E-state index contributed by atoms with van der Waals surface area (Å²) in [6, 6.07) is 15.1. The van der Waals surface area contributed by atoms with Gasteiger partial charge in [0, 0.05) is 17.2 Å². The zero-order valence-electron chi connectivity index (χ0n) is 19.6. The molecule has 0 aliphatic rings. The van der Waals surface area contributed by atoms with Crippen LogP contribution in [0.1, 0.15) is 27.0 Å². The molecule has 0 fully saturated rings. The van der Waals surface area contributed by atoms with Gasteiger partial charge in [0.15, 0.2) is 23.0 Å². The number of ketones is 1. The van der Waals surface area contributed by atoms with E-state index in [0.717, 1.165) is 5.56 Å². The van der Waals surface area contributed by atoms with Gasteiger partial charge in [-0.05, 0) is 42.3 Å². The van der Waals surface area contributed by atoms with Crippen molar-refractivity contribution in [2.24, 2.45) is 0 Å². The molecular weight excluding hydrogens is 438 g/mol. The number of nitro groups is 1. The lowest BCUT2D eigenvalue weighted by atomic mass is 9.93. The van der Waals surface area contributed by atoms with Gasteiger partial charge in [-0.1, -0.05) is 35.9 Å². The molecule has 0 aliphatic heterocycles. The first-order chi connectivity index (χ1) is 16.3. The summed E-state index contributed by atoms with van der Waals surface area (Å²) in [6.07, 6.45) is 1.61. The number of carbonyl (C=O) groups excluding carboxylic acids is 1. The molecule has 0 saturated heterocycles. The summed E-state index contributed by atoms with van der Waals surface area (Å²) in [5, 5.41) is 11.5. The van der Waals surface area contributed by atoms with Gasteiger partial charge in [0.1, 0.15) is 0 Å². The van der Waals surface area contributed by atoms with Crippen LogP contribution in [0.3, 0.4) is 0 Å². The number of nitro benzene ring substituents is 1. The quantitative estimate of drug-likeness (QED) is 0.138. The van der Waals surface area contributed by atoms with Crippen molar-refractivity contribution in [3.8, 4) is 23.0 Å². The van der Waals surface area contributed by atoms with Crippen LogP contribution in [0.25, 0.3) is 11.6 Å². The fraction of sp³-hybridized carbons (Fsp3) is 0.192. The minimum atomic E-state index is -0.525. The van der Waals surface area contributed by atoms with Crippen molar-refractivity contribution in [1.82, 2.24) is 0 Å². The summed E-state index contributed by atoms with van der Waals surface area (Å²) >= 11 is 0. The van der Waals surface area contributed by atoms with E-state index < -0.39 is 4.92 Å². The van der Waals surface area contributed by atoms with Gasteiger partial charge in [-0.25, -0.2) is 0 Å². The number of methoxy groups -OCH3 is 4. The molecule has 34 heavy (non-hydrogen) atoms. The number of ether oxygens (including phenoxy) is 4. The van der Waals surface area contributed by atoms with E-state index in [1.165, 1.54) is 40.6 Å².